The summed E-state index contributed by atoms with van der Waals surface area (Å²) in [5.41, 5.74) is 9.20. The van der Waals surface area contributed by atoms with E-state index >= 15 is 0 Å². The number of hydrogen-bond donors (Lipinski definition) is 2. The van der Waals surface area contributed by atoms with Crippen molar-refractivity contribution in [2.24, 2.45) is 5.73 Å². The second-order valence-corrected chi connectivity index (χ2v) is 4.28. The lowest BCUT2D eigenvalue weighted by Crippen LogP contribution is -2.22. The predicted octanol–water partition coefficient (Wildman–Crippen LogP) is 2.46. The number of benzene rings is 1. The van der Waals surface area contributed by atoms with E-state index < -0.39 is 6.10 Å². The van der Waals surface area contributed by atoms with Gasteiger partial charge in [-0.3, -0.25) is 0 Å². The highest BCUT2D eigenvalue weighted by Crippen LogP contribution is 2.22. The van der Waals surface area contributed by atoms with Crippen molar-refractivity contribution in [3.8, 4) is 0 Å². The fourth-order valence-electron chi connectivity index (χ4n) is 1.78. The van der Waals surface area contributed by atoms with Crippen molar-refractivity contribution in [1.82, 2.24) is 0 Å². The maximum atomic E-state index is 10.0. The van der Waals surface area contributed by atoms with E-state index in [1.165, 1.54) is 5.56 Å². The lowest BCUT2D eigenvalue weighted by molar-refractivity contribution is 0.156. The number of aliphatic hydroxyl groups excluding tert-OH is 1. The first-order valence-electron chi connectivity index (χ1n) is 5.55. The number of nitrogens with two attached hydrogens (primary N) is 1. The monoisotopic (exact) mass is 207 g/mol. The summed E-state index contributed by atoms with van der Waals surface area (Å²) in [5.74, 6) is 0. The maximum Gasteiger partial charge on any atom is 0.0807 e. The van der Waals surface area contributed by atoms with E-state index in [9.17, 15) is 5.11 Å². The molecule has 2 heteroatoms. The van der Waals surface area contributed by atoms with Gasteiger partial charge in [0.05, 0.1) is 6.10 Å². The molecule has 0 saturated carbocycles. The van der Waals surface area contributed by atoms with Crippen molar-refractivity contribution < 1.29 is 5.11 Å². The van der Waals surface area contributed by atoms with E-state index in [1.54, 1.807) is 0 Å². The Morgan fingerprint density at radius 3 is 2.53 bits per heavy atom. The van der Waals surface area contributed by atoms with Gasteiger partial charge in [-0.2, -0.15) is 0 Å². The van der Waals surface area contributed by atoms with Crippen molar-refractivity contribution in [2.45, 2.75) is 45.8 Å². The highest BCUT2D eigenvalue weighted by Gasteiger charge is 2.13. The van der Waals surface area contributed by atoms with Gasteiger partial charge in [-0.15, -0.1) is 0 Å². The van der Waals surface area contributed by atoms with Crippen LogP contribution >= 0.6 is 0 Å². The van der Waals surface area contributed by atoms with E-state index in [-0.39, 0.29) is 6.04 Å². The van der Waals surface area contributed by atoms with Gasteiger partial charge in [0.15, 0.2) is 0 Å². The van der Waals surface area contributed by atoms with Crippen molar-refractivity contribution in [3.63, 3.8) is 0 Å². The Morgan fingerprint density at radius 2 is 2.00 bits per heavy atom. The Bertz CT molecular complexity index is 322. The van der Waals surface area contributed by atoms with Gasteiger partial charge in [0.2, 0.25) is 0 Å². The molecule has 2 unspecified atom stereocenters. The van der Waals surface area contributed by atoms with Gasteiger partial charge in [-0.25, -0.2) is 0 Å². The summed E-state index contributed by atoms with van der Waals surface area (Å²) in [6, 6.07) is 6.21. The average molecular weight is 207 g/mol. The van der Waals surface area contributed by atoms with E-state index in [2.05, 4.69) is 13.0 Å². The van der Waals surface area contributed by atoms with E-state index in [4.69, 9.17) is 5.73 Å². The van der Waals surface area contributed by atoms with Crippen molar-refractivity contribution in [1.29, 1.82) is 0 Å². The summed E-state index contributed by atoms with van der Waals surface area (Å²) in [6.07, 6.45) is 1.11. The van der Waals surface area contributed by atoms with Gasteiger partial charge in [-0.05, 0) is 37.8 Å². The minimum atomic E-state index is -0.430. The minimum Gasteiger partial charge on any atom is -0.388 e. The van der Waals surface area contributed by atoms with Crippen LogP contribution in [-0.2, 0) is 0 Å². The number of aryl methyl sites for hydroxylation is 2. The molecule has 2 nitrogen and oxygen atoms in total. The SMILES string of the molecule is CCC(N)CC(O)c1ccc(C)cc1C. The van der Waals surface area contributed by atoms with Crippen LogP contribution in [0.2, 0.25) is 0 Å². The van der Waals surface area contributed by atoms with Gasteiger partial charge in [-0.1, -0.05) is 30.7 Å². The first-order chi connectivity index (χ1) is 7.04. The summed E-state index contributed by atoms with van der Waals surface area (Å²) in [6.45, 7) is 6.13. The average Bonchev–Trinajstić information content (AvgIpc) is 2.17. The fraction of sp³-hybridized carbons (Fsp3) is 0.538. The molecule has 0 saturated heterocycles. The zero-order valence-corrected chi connectivity index (χ0v) is 9.83. The molecule has 1 aromatic carbocycles. The topological polar surface area (TPSA) is 46.2 Å². The third kappa shape index (κ3) is 3.33. The van der Waals surface area contributed by atoms with Gasteiger partial charge >= 0.3 is 0 Å². The zero-order chi connectivity index (χ0) is 11.4. The molecule has 0 radical (unpaired) electrons. The second-order valence-electron chi connectivity index (χ2n) is 4.28. The van der Waals surface area contributed by atoms with Crippen molar-refractivity contribution in [2.75, 3.05) is 0 Å². The van der Waals surface area contributed by atoms with Gasteiger partial charge < -0.3 is 10.8 Å². The van der Waals surface area contributed by atoms with Crippen LogP contribution in [0.3, 0.4) is 0 Å². The van der Waals surface area contributed by atoms with Crippen LogP contribution in [0.25, 0.3) is 0 Å². The standard InChI is InChI=1S/C13H21NO/c1-4-11(14)8-13(15)12-6-5-9(2)7-10(12)3/h5-7,11,13,15H,4,8,14H2,1-3H3. The Kier molecular flexibility index (Phi) is 4.30. The second kappa shape index (κ2) is 5.29. The van der Waals surface area contributed by atoms with Crippen LogP contribution in [0, 0.1) is 13.8 Å². The number of hydrogen-bond acceptors (Lipinski definition) is 2. The Hall–Kier alpha value is -0.860. The first-order valence-corrected chi connectivity index (χ1v) is 5.55. The van der Waals surface area contributed by atoms with Gasteiger partial charge in [0.25, 0.3) is 0 Å². The van der Waals surface area contributed by atoms with E-state index in [0.29, 0.717) is 6.42 Å². The Labute approximate surface area is 92.1 Å². The quantitative estimate of drug-likeness (QED) is 0.796. The highest BCUT2D eigenvalue weighted by molar-refractivity contribution is 5.32. The number of aliphatic hydroxyl groups is 1. The molecule has 84 valence electrons. The van der Waals surface area contributed by atoms with Crippen LogP contribution in [-0.4, -0.2) is 11.1 Å². The molecule has 1 rings (SSSR count). The van der Waals surface area contributed by atoms with Crippen LogP contribution in [0.5, 0.6) is 0 Å². The van der Waals surface area contributed by atoms with E-state index in [1.807, 2.05) is 26.0 Å². The molecule has 0 spiro atoms. The zero-order valence-electron chi connectivity index (χ0n) is 9.83. The Balaban J connectivity index is 2.77. The van der Waals surface area contributed by atoms with Gasteiger partial charge in [0, 0.05) is 6.04 Å². The summed E-state index contributed by atoms with van der Waals surface area (Å²) < 4.78 is 0. The lowest BCUT2D eigenvalue weighted by Gasteiger charge is -2.17. The summed E-state index contributed by atoms with van der Waals surface area (Å²) in [4.78, 5) is 0. The van der Waals surface area contributed by atoms with Crippen LogP contribution < -0.4 is 5.73 Å². The van der Waals surface area contributed by atoms with Crippen LogP contribution in [0.1, 0.15) is 42.6 Å². The maximum absolute atomic E-state index is 10.0. The number of rotatable bonds is 4. The third-order valence-corrected chi connectivity index (χ3v) is 2.83. The molecule has 0 heterocycles. The highest BCUT2D eigenvalue weighted by atomic mass is 16.3. The van der Waals surface area contributed by atoms with E-state index in [0.717, 1.165) is 17.5 Å². The fourth-order valence-corrected chi connectivity index (χ4v) is 1.78. The Morgan fingerprint density at radius 1 is 1.33 bits per heavy atom. The predicted molar refractivity (Wildman–Crippen MR) is 63.8 cm³/mol. The minimum absolute atomic E-state index is 0.0840. The molecule has 0 aliphatic carbocycles. The lowest BCUT2D eigenvalue weighted by atomic mass is 9.96. The summed E-state index contributed by atoms with van der Waals surface area (Å²) >= 11 is 0. The molecule has 0 fully saturated rings. The molecule has 15 heavy (non-hydrogen) atoms. The first kappa shape index (κ1) is 12.2. The van der Waals surface area contributed by atoms with Crippen molar-refractivity contribution in [3.05, 3.63) is 34.9 Å². The van der Waals surface area contributed by atoms with Gasteiger partial charge in [0.1, 0.15) is 0 Å². The van der Waals surface area contributed by atoms with Crippen molar-refractivity contribution >= 4 is 0 Å². The molecule has 0 aliphatic heterocycles. The third-order valence-electron chi connectivity index (χ3n) is 2.83. The molecule has 1 aromatic rings. The molecule has 3 N–H and O–H groups in total. The molecule has 0 aromatic heterocycles. The molecule has 0 amide bonds. The smallest absolute Gasteiger partial charge is 0.0807 e. The molecular formula is C13H21NO. The normalized spacial score (nSPS) is 15.0. The molecule has 2 atom stereocenters. The van der Waals surface area contributed by atoms with Crippen LogP contribution in [0.4, 0.5) is 0 Å². The molecular weight excluding hydrogens is 186 g/mol. The summed E-state index contributed by atoms with van der Waals surface area (Å²) in [5, 5.41) is 10.0. The molecule has 0 aliphatic rings. The van der Waals surface area contributed by atoms with Crippen LogP contribution in [0.15, 0.2) is 18.2 Å². The summed E-state index contributed by atoms with van der Waals surface area (Å²) in [7, 11) is 0. The largest absolute Gasteiger partial charge is 0.388 e. The molecule has 0 bridgehead atoms.